The number of nitrogens with zero attached hydrogens (tertiary/aromatic N) is 2. The first kappa shape index (κ1) is 23.7. The Hall–Kier alpha value is -2.57. The van der Waals surface area contributed by atoms with Crippen LogP contribution in [0.15, 0.2) is 59.6 Å². The van der Waals surface area contributed by atoms with Gasteiger partial charge in [-0.15, -0.1) is 0 Å². The van der Waals surface area contributed by atoms with E-state index >= 15 is 0 Å². The Balaban J connectivity index is 1.63. The molecule has 30 heavy (non-hydrogen) atoms. The summed E-state index contributed by atoms with van der Waals surface area (Å²) in [7, 11) is 3.88. The van der Waals surface area contributed by atoms with Crippen molar-refractivity contribution in [2.45, 2.75) is 25.9 Å². The summed E-state index contributed by atoms with van der Waals surface area (Å²) in [4.78, 5) is 18.7. The lowest BCUT2D eigenvalue weighted by atomic mass is 10.1. The van der Waals surface area contributed by atoms with E-state index in [1.165, 1.54) is 5.56 Å². The molecule has 162 valence electrons. The summed E-state index contributed by atoms with van der Waals surface area (Å²) in [5.74, 6) is 0.542. The quantitative estimate of drug-likeness (QED) is 0.308. The van der Waals surface area contributed by atoms with E-state index in [-0.39, 0.29) is 5.91 Å². The molecule has 1 atom stereocenters. The molecular weight excluding hydrogens is 398 g/mol. The summed E-state index contributed by atoms with van der Waals surface area (Å²) in [6.45, 7) is 5.01. The minimum atomic E-state index is -0.180. The topological polar surface area (TPSA) is 68.8 Å². The Kier molecular flexibility index (Phi) is 10.2. The third-order valence-electron chi connectivity index (χ3n) is 4.93. The molecule has 0 aromatic heterocycles. The minimum absolute atomic E-state index is 0.180. The van der Waals surface area contributed by atoms with Crippen LogP contribution in [0.3, 0.4) is 0 Å². The fourth-order valence-corrected chi connectivity index (χ4v) is 3.19. The second-order valence-electron chi connectivity index (χ2n) is 7.20. The monoisotopic (exact) mass is 429 g/mol. The molecule has 0 bridgehead atoms. The Bertz CT molecular complexity index is 812. The molecule has 7 heteroatoms. The molecule has 0 aliphatic rings. The molecule has 0 fully saturated rings. The highest BCUT2D eigenvalue weighted by atomic mass is 35.5. The van der Waals surface area contributed by atoms with E-state index in [9.17, 15) is 4.79 Å². The van der Waals surface area contributed by atoms with Crippen molar-refractivity contribution in [2.75, 3.05) is 33.7 Å². The number of benzene rings is 2. The van der Waals surface area contributed by atoms with Crippen molar-refractivity contribution in [2.24, 2.45) is 4.99 Å². The smallest absolute Gasteiger partial charge is 0.252 e. The summed E-state index contributed by atoms with van der Waals surface area (Å²) < 4.78 is 0. The summed E-state index contributed by atoms with van der Waals surface area (Å²) in [6, 6.07) is 17.9. The first-order chi connectivity index (χ1) is 14.5. The van der Waals surface area contributed by atoms with E-state index in [1.807, 2.05) is 6.07 Å². The molecule has 1 amide bonds. The van der Waals surface area contributed by atoms with Crippen LogP contribution in [0.1, 0.15) is 29.3 Å². The maximum Gasteiger partial charge on any atom is 0.252 e. The van der Waals surface area contributed by atoms with Gasteiger partial charge < -0.3 is 16.0 Å². The van der Waals surface area contributed by atoms with Gasteiger partial charge in [-0.25, -0.2) is 0 Å². The molecule has 0 saturated heterocycles. The van der Waals surface area contributed by atoms with Gasteiger partial charge in [0, 0.05) is 39.3 Å². The molecule has 0 heterocycles. The van der Waals surface area contributed by atoms with Crippen molar-refractivity contribution in [1.29, 1.82) is 0 Å². The second kappa shape index (κ2) is 12.9. The molecule has 0 aliphatic heterocycles. The summed E-state index contributed by atoms with van der Waals surface area (Å²) in [5, 5.41) is 9.84. The van der Waals surface area contributed by atoms with E-state index < -0.39 is 0 Å². The molecule has 1 unspecified atom stereocenters. The number of halogens is 1. The molecule has 0 spiro atoms. The zero-order valence-electron chi connectivity index (χ0n) is 18.0. The lowest BCUT2D eigenvalue weighted by Gasteiger charge is -2.25. The van der Waals surface area contributed by atoms with Crippen molar-refractivity contribution >= 4 is 23.5 Å². The fraction of sp³-hybridized carbons (Fsp3) is 0.391. The molecule has 2 aromatic rings. The number of carbonyl (C=O) groups excluding carboxylic acids is 1. The molecule has 0 saturated carbocycles. The first-order valence-corrected chi connectivity index (χ1v) is 10.6. The van der Waals surface area contributed by atoms with Crippen molar-refractivity contribution in [3.05, 3.63) is 70.7 Å². The van der Waals surface area contributed by atoms with Gasteiger partial charge in [-0.2, -0.15) is 0 Å². The first-order valence-electron chi connectivity index (χ1n) is 10.2. The lowest BCUT2D eigenvalue weighted by Crippen LogP contribution is -2.43. The van der Waals surface area contributed by atoms with E-state index in [0.717, 1.165) is 25.5 Å². The normalized spacial score (nSPS) is 12.5. The molecule has 2 rings (SSSR count). The molecule has 2 aromatic carbocycles. The number of rotatable bonds is 10. The predicted molar refractivity (Wildman–Crippen MR) is 125 cm³/mol. The van der Waals surface area contributed by atoms with Crippen LogP contribution in [-0.4, -0.2) is 56.5 Å². The van der Waals surface area contributed by atoms with Gasteiger partial charge in [0.15, 0.2) is 5.96 Å². The maximum atomic E-state index is 12.1. The van der Waals surface area contributed by atoms with Crippen LogP contribution in [0.4, 0.5) is 0 Å². The maximum absolute atomic E-state index is 12.1. The van der Waals surface area contributed by atoms with Gasteiger partial charge in [-0.3, -0.25) is 14.7 Å². The average molecular weight is 430 g/mol. The van der Waals surface area contributed by atoms with E-state index in [2.05, 4.69) is 64.1 Å². The highest BCUT2D eigenvalue weighted by Gasteiger charge is 2.10. The van der Waals surface area contributed by atoms with E-state index in [4.69, 9.17) is 11.6 Å². The van der Waals surface area contributed by atoms with Crippen LogP contribution in [0.2, 0.25) is 5.02 Å². The number of nitrogens with one attached hydrogen (secondary N) is 3. The number of carbonyl (C=O) groups is 1. The Labute approximate surface area is 184 Å². The largest absolute Gasteiger partial charge is 0.356 e. The molecule has 0 radical (unpaired) electrons. The lowest BCUT2D eigenvalue weighted by molar-refractivity contribution is 0.0954. The standard InChI is InChI=1S/C23H32ClN5O/c1-18(29(3)17-19-9-5-4-6-10-19)13-14-27-23(25-2)28-16-15-26-22(30)20-11-7-8-12-21(20)24/h4-12,18H,13-17H2,1-3H3,(H,26,30)(H2,25,27,28). The fourth-order valence-electron chi connectivity index (χ4n) is 2.97. The zero-order chi connectivity index (χ0) is 21.8. The van der Waals surface area contributed by atoms with Gasteiger partial charge in [0.2, 0.25) is 0 Å². The third-order valence-corrected chi connectivity index (χ3v) is 5.26. The van der Waals surface area contributed by atoms with Gasteiger partial charge in [-0.05, 0) is 38.1 Å². The van der Waals surface area contributed by atoms with Crippen molar-refractivity contribution in [3.63, 3.8) is 0 Å². The SMILES string of the molecule is CN=C(NCCNC(=O)c1ccccc1Cl)NCCC(C)N(C)Cc1ccccc1. The Morgan fingerprint density at radius 2 is 1.63 bits per heavy atom. The summed E-state index contributed by atoms with van der Waals surface area (Å²) >= 11 is 6.05. The van der Waals surface area contributed by atoms with Crippen LogP contribution in [-0.2, 0) is 6.54 Å². The van der Waals surface area contributed by atoms with E-state index in [0.29, 0.717) is 29.7 Å². The van der Waals surface area contributed by atoms with E-state index in [1.54, 1.807) is 31.3 Å². The predicted octanol–water partition coefficient (Wildman–Crippen LogP) is 3.15. The average Bonchev–Trinajstić information content (AvgIpc) is 2.76. The van der Waals surface area contributed by atoms with Crippen LogP contribution >= 0.6 is 11.6 Å². The second-order valence-corrected chi connectivity index (χ2v) is 7.61. The number of hydrogen-bond acceptors (Lipinski definition) is 3. The molecule has 3 N–H and O–H groups in total. The summed E-state index contributed by atoms with van der Waals surface area (Å²) in [5.41, 5.74) is 1.80. The molecule has 6 nitrogen and oxygen atoms in total. The Morgan fingerprint density at radius 1 is 1.00 bits per heavy atom. The van der Waals surface area contributed by atoms with Crippen molar-refractivity contribution in [3.8, 4) is 0 Å². The van der Waals surface area contributed by atoms with Gasteiger partial charge in [0.25, 0.3) is 5.91 Å². The van der Waals surface area contributed by atoms with Gasteiger partial charge in [0.1, 0.15) is 0 Å². The minimum Gasteiger partial charge on any atom is -0.356 e. The number of guanidine groups is 1. The highest BCUT2D eigenvalue weighted by molar-refractivity contribution is 6.33. The summed E-state index contributed by atoms with van der Waals surface area (Å²) in [6.07, 6.45) is 0.993. The van der Waals surface area contributed by atoms with Crippen molar-refractivity contribution in [1.82, 2.24) is 20.9 Å². The molecular formula is C23H32ClN5O. The van der Waals surface area contributed by atoms with Gasteiger partial charge >= 0.3 is 0 Å². The Morgan fingerprint density at radius 3 is 2.33 bits per heavy atom. The number of hydrogen-bond donors (Lipinski definition) is 3. The van der Waals surface area contributed by atoms with Gasteiger partial charge in [-0.1, -0.05) is 54.1 Å². The highest BCUT2D eigenvalue weighted by Crippen LogP contribution is 2.14. The van der Waals surface area contributed by atoms with Gasteiger partial charge in [0.05, 0.1) is 10.6 Å². The zero-order valence-corrected chi connectivity index (χ0v) is 18.7. The van der Waals surface area contributed by atoms with Crippen LogP contribution in [0.5, 0.6) is 0 Å². The third kappa shape index (κ3) is 8.05. The number of aliphatic imine (C=N–C) groups is 1. The molecule has 0 aliphatic carbocycles. The number of amides is 1. The van der Waals surface area contributed by atoms with Crippen molar-refractivity contribution < 1.29 is 4.79 Å². The van der Waals surface area contributed by atoms with Crippen LogP contribution < -0.4 is 16.0 Å². The van der Waals surface area contributed by atoms with Crippen LogP contribution in [0.25, 0.3) is 0 Å². The van der Waals surface area contributed by atoms with Crippen LogP contribution in [0, 0.1) is 0 Å².